The number of hydrogen-bond donors (Lipinski definition) is 6. The minimum Gasteiger partial charge on any atom is -0.444 e. The predicted molar refractivity (Wildman–Crippen MR) is 235 cm³/mol. The highest BCUT2D eigenvalue weighted by Crippen LogP contribution is 2.13. The molecule has 6 N–H and O–H groups in total. The SMILES string of the molecule is CC(C)(C)OC(=O)NCCCC[C@H](NC(=O)OC(C)(C)C)C(=O)NCCCCCCCCCCCCNC(=O)[C@H](CCCCNC(=O)OC(C)(C)C)NC(=O)OC(C)(C)C. The lowest BCUT2D eigenvalue weighted by molar-refractivity contribution is -0.124. The fourth-order valence-corrected chi connectivity index (χ4v) is 5.73. The fourth-order valence-electron chi connectivity index (χ4n) is 5.73. The molecule has 0 aliphatic heterocycles. The van der Waals surface area contributed by atoms with Gasteiger partial charge in [-0.1, -0.05) is 51.4 Å². The molecule has 0 radical (unpaired) electrons. The zero-order chi connectivity index (χ0) is 45.8. The highest BCUT2D eigenvalue weighted by atomic mass is 16.6. The third kappa shape index (κ3) is 35.9. The van der Waals surface area contributed by atoms with Crippen LogP contribution in [0.25, 0.3) is 0 Å². The predicted octanol–water partition coefficient (Wildman–Crippen LogP) is 8.30. The van der Waals surface area contributed by atoms with Gasteiger partial charge >= 0.3 is 24.4 Å². The minimum atomic E-state index is -0.742. The number of alkyl carbamates (subject to hydrolysis) is 4. The molecular weight excluding hydrogens is 773 g/mol. The lowest BCUT2D eigenvalue weighted by Crippen LogP contribution is -2.48. The molecule has 0 saturated carbocycles. The van der Waals surface area contributed by atoms with Crippen LogP contribution in [0.4, 0.5) is 19.2 Å². The molecule has 16 heteroatoms. The van der Waals surface area contributed by atoms with Crippen molar-refractivity contribution in [3.8, 4) is 0 Å². The molecular formula is C44H84N6O10. The van der Waals surface area contributed by atoms with E-state index in [-0.39, 0.29) is 11.8 Å². The van der Waals surface area contributed by atoms with Crippen LogP contribution >= 0.6 is 0 Å². The number of ether oxygens (including phenoxy) is 4. The minimum absolute atomic E-state index is 0.251. The third-order valence-corrected chi connectivity index (χ3v) is 8.39. The average Bonchev–Trinajstić information content (AvgIpc) is 3.07. The monoisotopic (exact) mass is 857 g/mol. The lowest BCUT2D eigenvalue weighted by atomic mass is 10.1. The molecule has 0 saturated heterocycles. The van der Waals surface area contributed by atoms with Crippen molar-refractivity contribution in [2.24, 2.45) is 0 Å². The van der Waals surface area contributed by atoms with Gasteiger partial charge in [-0.25, -0.2) is 19.2 Å². The summed E-state index contributed by atoms with van der Waals surface area (Å²) in [5.41, 5.74) is -2.54. The molecule has 0 heterocycles. The summed E-state index contributed by atoms with van der Waals surface area (Å²) in [4.78, 5) is 74.6. The van der Waals surface area contributed by atoms with E-state index in [1.54, 1.807) is 83.1 Å². The molecule has 0 rings (SSSR count). The Morgan fingerprint density at radius 3 is 0.850 bits per heavy atom. The largest absolute Gasteiger partial charge is 0.444 e. The van der Waals surface area contributed by atoms with Gasteiger partial charge in [0, 0.05) is 26.2 Å². The van der Waals surface area contributed by atoms with E-state index in [9.17, 15) is 28.8 Å². The van der Waals surface area contributed by atoms with Gasteiger partial charge in [0.05, 0.1) is 0 Å². The second-order valence-electron chi connectivity index (χ2n) is 19.4. The Morgan fingerprint density at radius 1 is 0.333 bits per heavy atom. The molecule has 0 aromatic heterocycles. The molecule has 0 unspecified atom stereocenters. The number of hydrogen-bond acceptors (Lipinski definition) is 10. The van der Waals surface area contributed by atoms with Crippen LogP contribution in [0.15, 0.2) is 0 Å². The van der Waals surface area contributed by atoms with E-state index in [4.69, 9.17) is 18.9 Å². The third-order valence-electron chi connectivity index (χ3n) is 8.39. The Kier molecular flexibility index (Phi) is 27.4. The van der Waals surface area contributed by atoms with Gasteiger partial charge in [-0.05, 0) is 134 Å². The molecule has 0 aliphatic rings. The Morgan fingerprint density at radius 2 is 0.567 bits per heavy atom. The highest BCUT2D eigenvalue weighted by molar-refractivity contribution is 5.86. The van der Waals surface area contributed by atoms with Crippen molar-refractivity contribution in [3.63, 3.8) is 0 Å². The number of carbonyl (C=O) groups excluding carboxylic acids is 6. The maximum atomic E-state index is 13.0. The van der Waals surface area contributed by atoms with Gasteiger partial charge in [0.25, 0.3) is 0 Å². The molecule has 0 aliphatic carbocycles. The highest BCUT2D eigenvalue weighted by Gasteiger charge is 2.26. The van der Waals surface area contributed by atoms with Gasteiger partial charge in [-0.2, -0.15) is 0 Å². The van der Waals surface area contributed by atoms with Crippen LogP contribution < -0.4 is 31.9 Å². The second-order valence-corrected chi connectivity index (χ2v) is 19.4. The van der Waals surface area contributed by atoms with Gasteiger partial charge in [0.2, 0.25) is 11.8 Å². The maximum Gasteiger partial charge on any atom is 0.408 e. The van der Waals surface area contributed by atoms with Gasteiger partial charge < -0.3 is 50.8 Å². The van der Waals surface area contributed by atoms with Crippen molar-refractivity contribution in [2.75, 3.05) is 26.2 Å². The number of amides is 6. The first-order valence-corrected chi connectivity index (χ1v) is 22.2. The molecule has 350 valence electrons. The second kappa shape index (κ2) is 29.3. The molecule has 2 atom stereocenters. The summed E-state index contributed by atoms with van der Waals surface area (Å²) in [7, 11) is 0. The van der Waals surface area contributed by atoms with Crippen LogP contribution in [0.1, 0.15) is 186 Å². The summed E-state index contributed by atoms with van der Waals surface area (Å²) in [6, 6.07) is -1.48. The number of carbonyl (C=O) groups is 6. The molecule has 0 spiro atoms. The molecule has 60 heavy (non-hydrogen) atoms. The first-order valence-electron chi connectivity index (χ1n) is 22.2. The summed E-state index contributed by atoms with van der Waals surface area (Å²) < 4.78 is 21.2. The maximum absolute atomic E-state index is 13.0. The van der Waals surface area contributed by atoms with Gasteiger partial charge in [-0.3, -0.25) is 9.59 Å². The van der Waals surface area contributed by atoms with Crippen LogP contribution in [-0.4, -0.2) is 96.9 Å². The Bertz CT molecular complexity index is 1170. The summed E-state index contributed by atoms with van der Waals surface area (Å²) in [6.07, 6.45) is 11.3. The van der Waals surface area contributed by atoms with Crippen molar-refractivity contribution >= 4 is 36.2 Å². The quantitative estimate of drug-likeness (QED) is 0.0344. The van der Waals surface area contributed by atoms with E-state index in [0.717, 1.165) is 64.2 Å². The molecule has 0 fully saturated rings. The van der Waals surface area contributed by atoms with Crippen LogP contribution in [0, 0.1) is 0 Å². The van der Waals surface area contributed by atoms with Crippen molar-refractivity contribution < 1.29 is 47.7 Å². The van der Waals surface area contributed by atoms with Crippen molar-refractivity contribution in [1.82, 2.24) is 31.9 Å². The molecule has 0 aromatic carbocycles. The van der Waals surface area contributed by atoms with Crippen LogP contribution in [0.2, 0.25) is 0 Å². The lowest BCUT2D eigenvalue weighted by Gasteiger charge is -2.23. The summed E-state index contributed by atoms with van der Waals surface area (Å²) >= 11 is 0. The van der Waals surface area contributed by atoms with Gasteiger partial charge in [0.15, 0.2) is 0 Å². The molecule has 0 aromatic rings. The molecule has 6 amide bonds. The van der Waals surface area contributed by atoms with E-state index in [2.05, 4.69) is 31.9 Å². The number of rotatable bonds is 27. The fraction of sp³-hybridized carbons (Fsp3) is 0.864. The van der Waals surface area contributed by atoms with Crippen molar-refractivity contribution in [3.05, 3.63) is 0 Å². The van der Waals surface area contributed by atoms with E-state index in [0.29, 0.717) is 64.7 Å². The van der Waals surface area contributed by atoms with Gasteiger partial charge in [0.1, 0.15) is 34.5 Å². The van der Waals surface area contributed by atoms with Crippen LogP contribution in [0.5, 0.6) is 0 Å². The van der Waals surface area contributed by atoms with Crippen molar-refractivity contribution in [1.29, 1.82) is 0 Å². The summed E-state index contributed by atoms with van der Waals surface area (Å²) in [5.74, 6) is -0.501. The van der Waals surface area contributed by atoms with Gasteiger partial charge in [-0.15, -0.1) is 0 Å². The first kappa shape index (κ1) is 56.0. The van der Waals surface area contributed by atoms with E-state index >= 15 is 0 Å². The summed E-state index contributed by atoms with van der Waals surface area (Å²) in [6.45, 7) is 23.2. The van der Waals surface area contributed by atoms with E-state index < -0.39 is 58.9 Å². The van der Waals surface area contributed by atoms with Crippen LogP contribution in [-0.2, 0) is 28.5 Å². The van der Waals surface area contributed by atoms with E-state index in [1.165, 1.54) is 0 Å². The first-order chi connectivity index (χ1) is 27.8. The number of unbranched alkanes of at least 4 members (excludes halogenated alkanes) is 11. The number of nitrogens with one attached hydrogen (secondary N) is 6. The normalized spacial score (nSPS) is 12.9. The zero-order valence-corrected chi connectivity index (χ0v) is 39.4. The Labute approximate surface area is 361 Å². The topological polar surface area (TPSA) is 212 Å². The summed E-state index contributed by atoms with van der Waals surface area (Å²) in [5, 5.41) is 16.8. The Balaban J connectivity index is 4.38. The zero-order valence-electron chi connectivity index (χ0n) is 39.4. The molecule has 0 bridgehead atoms. The van der Waals surface area contributed by atoms with Crippen LogP contribution in [0.3, 0.4) is 0 Å². The standard InChI is InChI=1S/C44H84N6O10/c1-41(2,3)57-37(53)47-31-25-21-27-33(49-39(55)59-43(7,8)9)35(51)45-29-23-19-17-15-13-14-16-18-20-24-30-46-36(52)34(50-40(56)60-44(10,11)12)28-22-26-32-48-38(54)58-42(4,5)6/h33-34H,13-32H2,1-12H3,(H,45,51)(H,46,52)(H,47,53)(H,48,54)(H,49,55)(H,50,56)/t33-,34-/m0/s1. The molecule has 16 nitrogen and oxygen atoms in total. The van der Waals surface area contributed by atoms with Crippen molar-refractivity contribution in [2.45, 2.75) is 220 Å². The Hall–Kier alpha value is -3.98. The average molecular weight is 857 g/mol. The smallest absolute Gasteiger partial charge is 0.408 e. The van der Waals surface area contributed by atoms with E-state index in [1.807, 2.05) is 0 Å².